The number of aliphatic carboxylic acids is 2. The first-order chi connectivity index (χ1) is 42.0. The third kappa shape index (κ3) is 18.5. The first-order valence-electron chi connectivity index (χ1n) is 29.6. The van der Waals surface area contributed by atoms with Gasteiger partial charge in [0.25, 0.3) is 0 Å². The second kappa shape index (κ2) is 31.1. The van der Waals surface area contributed by atoms with Gasteiger partial charge >= 0.3 is 18.0 Å². The Labute approximate surface area is 518 Å². The average molecular weight is 1230 g/mol. The van der Waals surface area contributed by atoms with E-state index in [2.05, 4.69) is 26.6 Å². The van der Waals surface area contributed by atoms with Crippen LogP contribution in [0.1, 0.15) is 121 Å². The summed E-state index contributed by atoms with van der Waals surface area (Å²) in [6.07, 6.45) is -3.84. The lowest BCUT2D eigenvalue weighted by Crippen LogP contribution is -2.61. The molecule has 1 fully saturated rings. The van der Waals surface area contributed by atoms with Gasteiger partial charge in [0.05, 0.1) is 24.3 Å². The Hall–Kier alpha value is -8.48. The number of rotatable bonds is 26. The molecular weight excluding hydrogens is 1150 g/mol. The van der Waals surface area contributed by atoms with Crippen molar-refractivity contribution in [2.45, 2.75) is 161 Å². The van der Waals surface area contributed by atoms with Crippen molar-refractivity contribution < 1.29 is 78.1 Å². The normalized spacial score (nSPS) is 18.9. The number of hydrogen-bond acceptors (Lipinski definition) is 15. The van der Waals surface area contributed by atoms with E-state index >= 15 is 0 Å². The number of anilines is 2. The first kappa shape index (κ1) is 69.6. The number of carbonyl (C=O) groups excluding carboxylic acids is 6. The highest BCUT2D eigenvalue weighted by Gasteiger charge is 2.48. The zero-order chi connectivity index (χ0) is 65.5. The highest BCUT2D eigenvalue weighted by atomic mass is 16.7. The van der Waals surface area contributed by atoms with Crippen LogP contribution in [0.15, 0.2) is 103 Å². The monoisotopic (exact) mass is 1230 g/mol. The maximum Gasteiger partial charge on any atom is 0.411 e. The Kier molecular flexibility index (Phi) is 24.3. The minimum Gasteiger partial charge on any atom is -0.479 e. The van der Waals surface area contributed by atoms with Crippen LogP contribution in [0.5, 0.6) is 5.75 Å². The van der Waals surface area contributed by atoms with Gasteiger partial charge in [0.15, 0.2) is 6.10 Å². The van der Waals surface area contributed by atoms with Gasteiger partial charge < -0.3 is 70.8 Å². The first-order valence-corrected chi connectivity index (χ1v) is 29.6. The van der Waals surface area contributed by atoms with Crippen molar-refractivity contribution in [2.75, 3.05) is 30.9 Å². The van der Waals surface area contributed by atoms with Crippen LogP contribution in [0, 0.1) is 11.3 Å². The molecule has 6 amide bonds. The van der Waals surface area contributed by atoms with Crippen LogP contribution in [0.2, 0.25) is 0 Å². The van der Waals surface area contributed by atoms with Crippen molar-refractivity contribution in [2.24, 2.45) is 11.3 Å². The van der Waals surface area contributed by atoms with Crippen molar-refractivity contribution >= 4 is 71.1 Å². The number of likely N-dealkylation sites (N-methyl/N-ethyl adjacent to an activating group) is 2. The maximum atomic E-state index is 14.3. The van der Waals surface area contributed by atoms with E-state index < -0.39 is 95.4 Å². The molecule has 2 aliphatic heterocycles. The summed E-state index contributed by atoms with van der Waals surface area (Å²) in [4.78, 5) is 108. The van der Waals surface area contributed by atoms with Crippen LogP contribution >= 0.6 is 0 Å². The van der Waals surface area contributed by atoms with E-state index in [4.69, 9.17) is 14.2 Å². The summed E-state index contributed by atoms with van der Waals surface area (Å²) in [5, 5.41) is 65.0. The SMILES string of the molecule is CNC(C(=O)NC(C(=O)N(C)C(/C=C(\C)C(=O)O)C(C)C)C(C)(C)C)C(C)(C)c1cccc(NC(=O)OCc2ccc(OC3OC(C(=O)O)C(O)C(O)C3O)c(CNC(=O)CCNC(=O)CCCCC(=O)N3Cc4ccccc4/C=C\c4ccccc43)c2)c1. The molecule has 8 unspecified atom stereocenters. The molecule has 8 atom stereocenters. The summed E-state index contributed by atoms with van der Waals surface area (Å²) in [7, 11) is 3.20. The number of amides is 6. The Morgan fingerprint density at radius 3 is 2.11 bits per heavy atom. The molecule has 4 aromatic carbocycles. The fourth-order valence-electron chi connectivity index (χ4n) is 10.6. The highest BCUT2D eigenvalue weighted by Crippen LogP contribution is 2.34. The number of nitrogens with one attached hydrogen (secondary N) is 5. The van der Waals surface area contributed by atoms with Gasteiger partial charge in [-0.3, -0.25) is 29.3 Å². The molecule has 23 heteroatoms. The standard InChI is InChI=1S/C66H85N7O16/c1-38(2)48(32-39(3)61(82)83)72(10)60(81)58(65(4,5)6)71-59(80)57(67-9)66(7,8)45-21-17-22-46(34-45)70-64(86)87-37-40-26-29-49(88-63-55(79)53(77)54(78)56(89-63)62(84)85)44(33-40)35-69-51(75)30-31-68-50(74)24-15-16-25-52(76)73-36-43-20-12-11-18-41(43)27-28-42-19-13-14-23-47(42)73/h11-14,17-23,26-29,32-34,38,48,53-58,63,67,77-79H,15-16,24-25,30-31,35-37H2,1-10H3,(H,68,74)(H,69,75)(H,70,86)(H,71,80)(H,82,83)(H,84,85)/b28-27-,39-32+. The fourth-order valence-corrected chi connectivity index (χ4v) is 10.6. The summed E-state index contributed by atoms with van der Waals surface area (Å²) < 4.78 is 16.8. The van der Waals surface area contributed by atoms with E-state index in [0.717, 1.165) is 22.4 Å². The van der Waals surface area contributed by atoms with Crippen LogP contribution in [0.3, 0.4) is 0 Å². The largest absolute Gasteiger partial charge is 0.479 e. The smallest absolute Gasteiger partial charge is 0.411 e. The lowest BCUT2D eigenvalue weighted by atomic mass is 9.76. The van der Waals surface area contributed by atoms with Gasteiger partial charge in [-0.05, 0) is 96.3 Å². The van der Waals surface area contributed by atoms with Crippen molar-refractivity contribution in [1.29, 1.82) is 0 Å². The molecule has 1 saturated heterocycles. The van der Waals surface area contributed by atoms with E-state index in [1.54, 1.807) is 43.3 Å². The lowest BCUT2D eigenvalue weighted by Gasteiger charge is -2.40. The molecular formula is C66H85N7O16. The number of carboxylic acids is 2. The number of carbonyl (C=O) groups is 8. The number of fused-ring (bicyclic) bond motifs is 2. The van der Waals surface area contributed by atoms with Crippen LogP contribution < -0.4 is 36.2 Å². The number of carboxylic acid groups (broad SMARTS) is 2. The van der Waals surface area contributed by atoms with Gasteiger partial charge in [-0.2, -0.15) is 0 Å². The van der Waals surface area contributed by atoms with Crippen LogP contribution in [-0.2, 0) is 68.1 Å². The molecule has 0 aliphatic carbocycles. The van der Waals surface area contributed by atoms with E-state index in [1.807, 2.05) is 109 Å². The third-order valence-corrected chi connectivity index (χ3v) is 15.9. The Balaban J connectivity index is 1.06. The number of benzene rings is 4. The van der Waals surface area contributed by atoms with E-state index in [9.17, 15) is 63.9 Å². The molecule has 0 saturated carbocycles. The van der Waals surface area contributed by atoms with Gasteiger partial charge in [-0.25, -0.2) is 14.4 Å². The zero-order valence-corrected chi connectivity index (χ0v) is 52.1. The van der Waals surface area contributed by atoms with E-state index in [-0.39, 0.29) is 73.6 Å². The number of hydrogen-bond donors (Lipinski definition) is 10. The molecule has 0 aromatic heterocycles. The summed E-state index contributed by atoms with van der Waals surface area (Å²) in [5.41, 5.74) is 3.67. The number of aliphatic hydroxyl groups excluding tert-OH is 3. The Bertz CT molecular complexity index is 3270. The molecule has 0 bridgehead atoms. The second-order valence-corrected chi connectivity index (χ2v) is 24.3. The van der Waals surface area contributed by atoms with Gasteiger partial charge in [0, 0.05) is 61.6 Å². The molecule has 6 rings (SSSR count). The summed E-state index contributed by atoms with van der Waals surface area (Å²) in [5.74, 6) is -4.69. The number of nitrogens with zero attached hydrogens (tertiary/aromatic N) is 2. The zero-order valence-electron chi connectivity index (χ0n) is 52.1. The predicted molar refractivity (Wildman–Crippen MR) is 333 cm³/mol. The average Bonchev–Trinajstić information content (AvgIpc) is 1.21. The van der Waals surface area contributed by atoms with Gasteiger partial charge in [-0.1, -0.05) is 127 Å². The number of ether oxygens (including phenoxy) is 3. The Morgan fingerprint density at radius 2 is 1.44 bits per heavy atom. The molecule has 89 heavy (non-hydrogen) atoms. The summed E-state index contributed by atoms with van der Waals surface area (Å²) in [6, 6.07) is 24.2. The van der Waals surface area contributed by atoms with Crippen molar-refractivity contribution in [3.63, 3.8) is 0 Å². The third-order valence-electron chi connectivity index (χ3n) is 15.9. The van der Waals surface area contributed by atoms with E-state index in [1.165, 1.54) is 36.1 Å². The molecule has 4 aromatic rings. The van der Waals surface area contributed by atoms with Crippen molar-refractivity contribution in [1.82, 2.24) is 26.2 Å². The minimum absolute atomic E-state index is 0.0206. The highest BCUT2D eigenvalue weighted by molar-refractivity contribution is 5.97. The Morgan fingerprint density at radius 1 is 0.775 bits per heavy atom. The molecule has 0 spiro atoms. The van der Waals surface area contributed by atoms with E-state index in [0.29, 0.717) is 36.2 Å². The van der Waals surface area contributed by atoms with Crippen molar-refractivity contribution in [3.8, 4) is 5.75 Å². The molecule has 10 N–H and O–H groups in total. The molecule has 2 aliphatic rings. The minimum atomic E-state index is -1.98. The predicted octanol–water partition coefficient (Wildman–Crippen LogP) is 6.02. The molecule has 0 radical (unpaired) electrons. The second-order valence-electron chi connectivity index (χ2n) is 24.3. The lowest BCUT2D eigenvalue weighted by molar-refractivity contribution is -0.271. The van der Waals surface area contributed by atoms with Crippen LogP contribution in [0.25, 0.3) is 12.2 Å². The maximum absolute atomic E-state index is 14.3. The van der Waals surface area contributed by atoms with Crippen LogP contribution in [0.4, 0.5) is 16.2 Å². The fraction of sp³-hybridized carbons (Fsp3) is 0.455. The summed E-state index contributed by atoms with van der Waals surface area (Å²) >= 11 is 0. The quantitative estimate of drug-likeness (QED) is 0.0254. The number of unbranched alkanes of at least 4 members (excludes halogenated alkanes) is 1. The molecule has 2 heterocycles. The molecule has 23 nitrogen and oxygen atoms in total. The number of aliphatic hydroxyl groups is 3. The summed E-state index contributed by atoms with van der Waals surface area (Å²) in [6.45, 7) is 14.1. The molecule has 480 valence electrons. The van der Waals surface area contributed by atoms with Crippen LogP contribution in [-0.4, -0.2) is 147 Å². The van der Waals surface area contributed by atoms with Gasteiger partial charge in [0.1, 0.15) is 36.7 Å². The van der Waals surface area contributed by atoms with Gasteiger partial charge in [-0.15, -0.1) is 0 Å². The number of para-hydroxylation sites is 1. The van der Waals surface area contributed by atoms with Crippen molar-refractivity contribution in [3.05, 3.63) is 136 Å². The van der Waals surface area contributed by atoms with Gasteiger partial charge in [0.2, 0.25) is 35.8 Å². The topological polar surface area (TPSA) is 332 Å².